The molecular weight excluding hydrogens is 572 g/mol. The Morgan fingerprint density at radius 3 is 1.76 bits per heavy atom. The van der Waals surface area contributed by atoms with Crippen LogP contribution in [0.15, 0.2) is 61.7 Å². The molecule has 0 aliphatic rings. The minimum absolute atomic E-state index is 0.0189. The van der Waals surface area contributed by atoms with Crippen molar-refractivity contribution in [2.45, 2.75) is 96.2 Å². The van der Waals surface area contributed by atoms with E-state index in [2.05, 4.69) is 45.2 Å². The van der Waals surface area contributed by atoms with E-state index in [9.17, 15) is 19.8 Å². The van der Waals surface area contributed by atoms with Gasteiger partial charge in [0.25, 0.3) is 0 Å². The summed E-state index contributed by atoms with van der Waals surface area (Å²) in [5, 5.41) is 19.8. The normalized spacial score (nSPS) is 12.6. The molecule has 0 aromatic heterocycles. The number of carbonyl (C=O) groups is 2. The summed E-state index contributed by atoms with van der Waals surface area (Å²) in [5.41, 5.74) is 4.00. The summed E-state index contributed by atoms with van der Waals surface area (Å²) in [7, 11) is 1.67. The molecule has 248 valence electrons. The van der Waals surface area contributed by atoms with Gasteiger partial charge in [0, 0.05) is 18.3 Å². The van der Waals surface area contributed by atoms with E-state index in [-0.39, 0.29) is 43.6 Å². The van der Waals surface area contributed by atoms with E-state index in [0.717, 1.165) is 40.8 Å². The second-order valence-electron chi connectivity index (χ2n) is 11.8. The zero-order valence-corrected chi connectivity index (χ0v) is 27.5. The maximum atomic E-state index is 12.1. The first-order chi connectivity index (χ1) is 21.5. The standard InChI is InChI=1S/C37H52O8/c1-7-14-27-22-29(18-20-33(27)42-6)37(4,5)30-19-21-34(28(23-30)15-8-2)43-25-32(39)26-45-36(41)17-13-11-10-12-16-35(40)44-24-31(38)9-3/h7-8,18-23,31-32,38-39H,1-2,9-17,24-26H2,3-6H3. The Labute approximate surface area is 269 Å². The number of aliphatic hydroxyl groups excluding tert-OH is 2. The average Bonchev–Trinajstić information content (AvgIpc) is 3.03. The number of esters is 2. The lowest BCUT2D eigenvalue weighted by Crippen LogP contribution is -2.25. The number of carbonyl (C=O) groups excluding carboxylic acids is 2. The second kappa shape index (κ2) is 19.7. The number of unbranched alkanes of at least 4 members (excludes halogenated alkanes) is 3. The Hall–Kier alpha value is -3.62. The smallest absolute Gasteiger partial charge is 0.305 e. The maximum Gasteiger partial charge on any atom is 0.305 e. The third-order valence-electron chi connectivity index (χ3n) is 7.80. The van der Waals surface area contributed by atoms with Crippen LogP contribution in [0.5, 0.6) is 11.5 Å². The molecule has 0 aliphatic carbocycles. The van der Waals surface area contributed by atoms with Crippen LogP contribution in [0.4, 0.5) is 0 Å². The van der Waals surface area contributed by atoms with Gasteiger partial charge in [-0.25, -0.2) is 0 Å². The minimum Gasteiger partial charge on any atom is -0.496 e. The van der Waals surface area contributed by atoms with Gasteiger partial charge < -0.3 is 29.2 Å². The molecule has 0 amide bonds. The molecule has 0 radical (unpaired) electrons. The van der Waals surface area contributed by atoms with Crippen molar-refractivity contribution in [1.29, 1.82) is 0 Å². The van der Waals surface area contributed by atoms with Gasteiger partial charge in [0.1, 0.15) is 37.4 Å². The van der Waals surface area contributed by atoms with Gasteiger partial charge in [-0.1, -0.05) is 70.0 Å². The fourth-order valence-electron chi connectivity index (χ4n) is 4.84. The summed E-state index contributed by atoms with van der Waals surface area (Å²) < 4.78 is 21.7. The molecule has 8 nitrogen and oxygen atoms in total. The van der Waals surface area contributed by atoms with Crippen molar-refractivity contribution >= 4 is 11.9 Å². The lowest BCUT2D eigenvalue weighted by Gasteiger charge is -2.28. The Morgan fingerprint density at radius 1 is 0.778 bits per heavy atom. The number of hydrogen-bond donors (Lipinski definition) is 2. The SMILES string of the molecule is C=CCc1cc(C(C)(C)c2ccc(OCC(O)COC(=O)CCCCCCC(=O)OCC(O)CC)c(CC=C)c2)ccc1OC. The van der Waals surface area contributed by atoms with Crippen LogP contribution in [-0.4, -0.2) is 61.3 Å². The number of methoxy groups -OCH3 is 1. The molecule has 2 N–H and O–H groups in total. The second-order valence-corrected chi connectivity index (χ2v) is 11.8. The van der Waals surface area contributed by atoms with E-state index in [1.165, 1.54) is 0 Å². The number of benzene rings is 2. The quantitative estimate of drug-likeness (QED) is 0.0878. The summed E-state index contributed by atoms with van der Waals surface area (Å²) >= 11 is 0. The average molecular weight is 625 g/mol. The molecule has 0 bridgehead atoms. The van der Waals surface area contributed by atoms with Crippen molar-refractivity contribution in [1.82, 2.24) is 0 Å². The van der Waals surface area contributed by atoms with Crippen LogP contribution in [0, 0.1) is 0 Å². The number of aliphatic hydroxyl groups is 2. The van der Waals surface area contributed by atoms with Crippen molar-refractivity contribution in [2.24, 2.45) is 0 Å². The first kappa shape index (κ1) is 37.6. The van der Waals surface area contributed by atoms with Crippen LogP contribution in [0.1, 0.15) is 88.0 Å². The molecule has 2 unspecified atom stereocenters. The molecule has 0 heterocycles. The number of allylic oxidation sites excluding steroid dienone is 2. The van der Waals surface area contributed by atoms with Crippen molar-refractivity contribution < 1.29 is 38.7 Å². The monoisotopic (exact) mass is 624 g/mol. The molecule has 0 fully saturated rings. The summed E-state index contributed by atoms with van der Waals surface area (Å²) in [6.07, 6.45) is 7.34. The Balaban J connectivity index is 1.83. The lowest BCUT2D eigenvalue weighted by molar-refractivity contribution is -0.148. The van der Waals surface area contributed by atoms with Gasteiger partial charge >= 0.3 is 11.9 Å². The Kier molecular flexibility index (Phi) is 16.4. The zero-order chi connectivity index (χ0) is 33.2. The van der Waals surface area contributed by atoms with E-state index in [0.29, 0.717) is 44.3 Å². The molecule has 45 heavy (non-hydrogen) atoms. The fraction of sp³-hybridized carbons (Fsp3) is 0.514. The molecular formula is C37H52O8. The molecule has 0 spiro atoms. The van der Waals surface area contributed by atoms with Crippen molar-refractivity contribution in [3.05, 3.63) is 84.0 Å². The van der Waals surface area contributed by atoms with E-state index >= 15 is 0 Å². The number of ether oxygens (including phenoxy) is 4. The van der Waals surface area contributed by atoms with Gasteiger partial charge in [-0.3, -0.25) is 9.59 Å². The van der Waals surface area contributed by atoms with Gasteiger partial charge in [0.05, 0.1) is 13.2 Å². The first-order valence-electron chi connectivity index (χ1n) is 15.9. The minimum atomic E-state index is -0.971. The van der Waals surface area contributed by atoms with Crippen molar-refractivity contribution in [3.8, 4) is 11.5 Å². The maximum absolute atomic E-state index is 12.1. The van der Waals surface area contributed by atoms with Gasteiger partial charge in [0.15, 0.2) is 0 Å². The van der Waals surface area contributed by atoms with Crippen LogP contribution < -0.4 is 9.47 Å². The summed E-state index contributed by atoms with van der Waals surface area (Å²) in [6.45, 7) is 13.8. The Bertz CT molecular complexity index is 1230. The predicted molar refractivity (Wildman–Crippen MR) is 177 cm³/mol. The number of rotatable bonds is 22. The summed E-state index contributed by atoms with van der Waals surface area (Å²) in [4.78, 5) is 23.8. The van der Waals surface area contributed by atoms with Gasteiger partial charge in [0.2, 0.25) is 0 Å². The van der Waals surface area contributed by atoms with E-state index in [4.69, 9.17) is 18.9 Å². The first-order valence-corrected chi connectivity index (χ1v) is 15.9. The molecule has 2 rings (SSSR count). The predicted octanol–water partition coefficient (Wildman–Crippen LogP) is 6.42. The summed E-state index contributed by atoms with van der Waals surface area (Å²) in [5.74, 6) is 0.788. The third-order valence-corrected chi connectivity index (χ3v) is 7.80. The van der Waals surface area contributed by atoms with E-state index < -0.39 is 12.2 Å². The Morgan fingerprint density at radius 2 is 1.27 bits per heavy atom. The van der Waals surface area contributed by atoms with E-state index in [1.807, 2.05) is 37.3 Å². The van der Waals surface area contributed by atoms with Crippen molar-refractivity contribution in [2.75, 3.05) is 26.9 Å². The lowest BCUT2D eigenvalue weighted by atomic mass is 9.77. The highest BCUT2D eigenvalue weighted by Crippen LogP contribution is 2.36. The molecule has 8 heteroatoms. The highest BCUT2D eigenvalue weighted by atomic mass is 16.6. The highest BCUT2D eigenvalue weighted by Gasteiger charge is 2.25. The van der Waals surface area contributed by atoms with Crippen LogP contribution >= 0.6 is 0 Å². The third kappa shape index (κ3) is 12.7. The van der Waals surface area contributed by atoms with Crippen LogP contribution in [-0.2, 0) is 37.3 Å². The van der Waals surface area contributed by atoms with Crippen LogP contribution in [0.25, 0.3) is 0 Å². The zero-order valence-electron chi connectivity index (χ0n) is 27.5. The highest BCUT2D eigenvalue weighted by molar-refractivity contribution is 5.69. The molecule has 0 aliphatic heterocycles. The van der Waals surface area contributed by atoms with Crippen LogP contribution in [0.3, 0.4) is 0 Å². The molecule has 0 saturated carbocycles. The topological polar surface area (TPSA) is 112 Å². The van der Waals surface area contributed by atoms with Gasteiger partial charge in [-0.15, -0.1) is 13.2 Å². The summed E-state index contributed by atoms with van der Waals surface area (Å²) in [6, 6.07) is 12.3. The molecule has 2 atom stereocenters. The van der Waals surface area contributed by atoms with Gasteiger partial charge in [-0.05, 0) is 66.5 Å². The fourth-order valence-corrected chi connectivity index (χ4v) is 4.84. The number of hydrogen-bond acceptors (Lipinski definition) is 8. The largest absolute Gasteiger partial charge is 0.496 e. The molecule has 2 aromatic rings. The van der Waals surface area contributed by atoms with E-state index in [1.54, 1.807) is 7.11 Å². The van der Waals surface area contributed by atoms with Gasteiger partial charge in [-0.2, -0.15) is 0 Å². The molecule has 2 aromatic carbocycles. The molecule has 0 saturated heterocycles. The van der Waals surface area contributed by atoms with Crippen molar-refractivity contribution in [3.63, 3.8) is 0 Å². The van der Waals surface area contributed by atoms with Crippen LogP contribution in [0.2, 0.25) is 0 Å².